The molecule has 1 unspecified atom stereocenters. The van der Waals surface area contributed by atoms with E-state index < -0.39 is 17.8 Å². The fourth-order valence-corrected chi connectivity index (χ4v) is 3.86. The van der Waals surface area contributed by atoms with Crippen LogP contribution in [0.1, 0.15) is 53.2 Å². The largest absolute Gasteiger partial charge is 0.331 e. The first-order chi connectivity index (χ1) is 16.0. The van der Waals surface area contributed by atoms with Gasteiger partial charge in [0, 0.05) is 11.6 Å². The number of rotatable bonds is 9. The third-order valence-electron chi connectivity index (χ3n) is 5.61. The summed E-state index contributed by atoms with van der Waals surface area (Å²) >= 11 is 0. The summed E-state index contributed by atoms with van der Waals surface area (Å²) in [5.41, 5.74) is 3.65. The molecule has 8 heteroatoms. The van der Waals surface area contributed by atoms with Crippen molar-refractivity contribution < 1.29 is 19.6 Å². The Balaban J connectivity index is 1.64. The lowest BCUT2D eigenvalue weighted by atomic mass is 10.00. The maximum Gasteiger partial charge on any atom is 0.322 e. The summed E-state index contributed by atoms with van der Waals surface area (Å²) in [4.78, 5) is 38.5. The molecule has 0 radical (unpaired) electrons. The normalized spacial score (nSPS) is 14.7. The van der Waals surface area contributed by atoms with E-state index in [1.54, 1.807) is 35.8 Å². The Bertz CT molecular complexity index is 954. The van der Waals surface area contributed by atoms with Crippen LogP contribution in [0.3, 0.4) is 0 Å². The zero-order valence-electron chi connectivity index (χ0n) is 18.5. The summed E-state index contributed by atoms with van der Waals surface area (Å²) in [7, 11) is 0. The summed E-state index contributed by atoms with van der Waals surface area (Å²) in [5.74, 6) is -1.06. The van der Waals surface area contributed by atoms with Gasteiger partial charge in [0.25, 0.3) is 11.8 Å². The van der Waals surface area contributed by atoms with Gasteiger partial charge >= 0.3 is 6.03 Å². The van der Waals surface area contributed by atoms with E-state index in [4.69, 9.17) is 5.21 Å². The average Bonchev–Trinajstić information content (AvgIpc) is 3.36. The van der Waals surface area contributed by atoms with Crippen molar-refractivity contribution in [3.63, 3.8) is 0 Å². The molecule has 33 heavy (non-hydrogen) atoms. The minimum Gasteiger partial charge on any atom is -0.331 e. The molecule has 174 valence electrons. The Morgan fingerprint density at radius 1 is 1.00 bits per heavy atom. The molecule has 1 fully saturated rings. The van der Waals surface area contributed by atoms with E-state index in [1.165, 1.54) is 18.9 Å². The Morgan fingerprint density at radius 3 is 2.36 bits per heavy atom. The van der Waals surface area contributed by atoms with Gasteiger partial charge in [-0.05, 0) is 74.7 Å². The standard InChI is InChI=1S/C25H30N4O4/c30-23(28-33)15-12-19-10-13-20(14-11-19)22(9-6-18-29-16-4-5-17-29)26-25(32)27-24(31)21-7-2-1-3-8-21/h1-3,7-8,10-15,22,33H,4-6,9,16-18H2,(H,28,30)(H2,26,27,31,32). The Hall–Kier alpha value is -3.49. The number of amides is 4. The Kier molecular flexibility index (Phi) is 9.17. The van der Waals surface area contributed by atoms with Gasteiger partial charge in [0.1, 0.15) is 0 Å². The fraction of sp³-hybridized carbons (Fsp3) is 0.320. The highest BCUT2D eigenvalue weighted by molar-refractivity contribution is 6.04. The highest BCUT2D eigenvalue weighted by atomic mass is 16.5. The van der Waals surface area contributed by atoms with Gasteiger partial charge in [-0.25, -0.2) is 10.3 Å². The SMILES string of the molecule is O=C(C=Cc1ccc(C(CCCN2CCCC2)NC(=O)NC(=O)c2ccccc2)cc1)NO. The monoisotopic (exact) mass is 450 g/mol. The van der Waals surface area contributed by atoms with Crippen LogP contribution in [-0.4, -0.2) is 47.6 Å². The topological polar surface area (TPSA) is 111 Å². The van der Waals surface area contributed by atoms with Crippen LogP contribution >= 0.6 is 0 Å². The lowest BCUT2D eigenvalue weighted by molar-refractivity contribution is -0.124. The average molecular weight is 451 g/mol. The van der Waals surface area contributed by atoms with Gasteiger partial charge in [-0.1, -0.05) is 42.5 Å². The molecule has 0 saturated carbocycles. The van der Waals surface area contributed by atoms with E-state index in [0.29, 0.717) is 5.56 Å². The molecule has 1 aliphatic heterocycles. The molecule has 0 aromatic heterocycles. The van der Waals surface area contributed by atoms with Crippen LogP contribution in [0, 0.1) is 0 Å². The molecule has 1 aliphatic rings. The molecule has 8 nitrogen and oxygen atoms in total. The molecule has 0 spiro atoms. The summed E-state index contributed by atoms with van der Waals surface area (Å²) in [6.45, 7) is 3.21. The molecule has 3 rings (SSSR count). The number of hydrogen-bond acceptors (Lipinski definition) is 5. The summed E-state index contributed by atoms with van der Waals surface area (Å²) in [5, 5.41) is 13.9. The number of likely N-dealkylation sites (tertiary alicyclic amines) is 1. The van der Waals surface area contributed by atoms with Crippen LogP contribution in [0.25, 0.3) is 6.08 Å². The third kappa shape index (κ3) is 7.85. The number of benzene rings is 2. The number of carbonyl (C=O) groups is 3. The van der Waals surface area contributed by atoms with Crippen molar-refractivity contribution in [1.82, 2.24) is 21.0 Å². The summed E-state index contributed by atoms with van der Waals surface area (Å²) in [6.07, 6.45) is 6.91. The molecule has 1 saturated heterocycles. The Morgan fingerprint density at radius 2 is 1.70 bits per heavy atom. The molecule has 0 bridgehead atoms. The van der Waals surface area contributed by atoms with Crippen molar-refractivity contribution in [3.8, 4) is 0 Å². The molecule has 1 atom stereocenters. The second kappa shape index (κ2) is 12.5. The minimum absolute atomic E-state index is 0.269. The maximum atomic E-state index is 12.6. The molecule has 1 heterocycles. The number of imide groups is 1. The fourth-order valence-electron chi connectivity index (χ4n) is 3.86. The van der Waals surface area contributed by atoms with Gasteiger partial charge in [0.15, 0.2) is 0 Å². The number of carbonyl (C=O) groups excluding carboxylic acids is 3. The number of urea groups is 1. The molecule has 4 N–H and O–H groups in total. The van der Waals surface area contributed by atoms with E-state index in [9.17, 15) is 14.4 Å². The van der Waals surface area contributed by atoms with E-state index in [1.807, 2.05) is 30.3 Å². The van der Waals surface area contributed by atoms with Crippen LogP contribution in [-0.2, 0) is 4.79 Å². The number of hydroxylamine groups is 1. The van der Waals surface area contributed by atoms with Gasteiger partial charge in [-0.2, -0.15) is 0 Å². The second-order valence-corrected chi connectivity index (χ2v) is 8.01. The van der Waals surface area contributed by atoms with Crippen LogP contribution in [0.15, 0.2) is 60.7 Å². The lowest BCUT2D eigenvalue weighted by Crippen LogP contribution is -2.41. The van der Waals surface area contributed by atoms with E-state index in [0.717, 1.165) is 43.6 Å². The van der Waals surface area contributed by atoms with E-state index >= 15 is 0 Å². The first-order valence-electron chi connectivity index (χ1n) is 11.2. The maximum absolute atomic E-state index is 12.6. The predicted octanol–water partition coefficient (Wildman–Crippen LogP) is 3.26. The minimum atomic E-state index is -0.611. The first-order valence-corrected chi connectivity index (χ1v) is 11.2. The molecule has 2 aromatic carbocycles. The van der Waals surface area contributed by atoms with Crippen molar-refractivity contribution in [2.45, 2.75) is 31.7 Å². The number of hydrogen-bond donors (Lipinski definition) is 4. The zero-order chi connectivity index (χ0) is 23.5. The molecule has 4 amide bonds. The Labute approximate surface area is 193 Å². The number of nitrogens with zero attached hydrogens (tertiary/aromatic N) is 1. The van der Waals surface area contributed by atoms with Gasteiger partial charge in [0.2, 0.25) is 0 Å². The van der Waals surface area contributed by atoms with Crippen LogP contribution in [0.5, 0.6) is 0 Å². The van der Waals surface area contributed by atoms with Crippen molar-refractivity contribution in [2.24, 2.45) is 0 Å². The van der Waals surface area contributed by atoms with E-state index in [-0.39, 0.29) is 6.04 Å². The molecule has 2 aromatic rings. The summed E-state index contributed by atoms with van der Waals surface area (Å²) in [6, 6.07) is 15.2. The smallest absolute Gasteiger partial charge is 0.322 e. The highest BCUT2D eigenvalue weighted by Crippen LogP contribution is 2.21. The van der Waals surface area contributed by atoms with Crippen molar-refractivity contribution in [3.05, 3.63) is 77.4 Å². The van der Waals surface area contributed by atoms with Gasteiger partial charge < -0.3 is 10.2 Å². The second-order valence-electron chi connectivity index (χ2n) is 8.01. The van der Waals surface area contributed by atoms with Crippen molar-refractivity contribution >= 4 is 23.9 Å². The third-order valence-corrected chi connectivity index (χ3v) is 5.61. The summed E-state index contributed by atoms with van der Waals surface area (Å²) < 4.78 is 0. The molecular formula is C25H30N4O4. The number of nitrogens with one attached hydrogen (secondary N) is 3. The van der Waals surface area contributed by atoms with Crippen molar-refractivity contribution in [1.29, 1.82) is 0 Å². The highest BCUT2D eigenvalue weighted by Gasteiger charge is 2.18. The van der Waals surface area contributed by atoms with Gasteiger partial charge in [-0.3, -0.25) is 20.1 Å². The molecular weight excluding hydrogens is 420 g/mol. The van der Waals surface area contributed by atoms with Crippen molar-refractivity contribution in [2.75, 3.05) is 19.6 Å². The van der Waals surface area contributed by atoms with E-state index in [2.05, 4.69) is 15.5 Å². The van der Waals surface area contributed by atoms with Gasteiger partial charge in [0.05, 0.1) is 6.04 Å². The zero-order valence-corrected chi connectivity index (χ0v) is 18.5. The molecule has 0 aliphatic carbocycles. The quantitative estimate of drug-likeness (QED) is 0.266. The predicted molar refractivity (Wildman–Crippen MR) is 125 cm³/mol. The van der Waals surface area contributed by atoms with Crippen LogP contribution in [0.2, 0.25) is 0 Å². The first kappa shape index (κ1) is 24.2. The van der Waals surface area contributed by atoms with Crippen LogP contribution in [0.4, 0.5) is 4.79 Å². The lowest BCUT2D eigenvalue weighted by Gasteiger charge is -2.21. The van der Waals surface area contributed by atoms with Crippen LogP contribution < -0.4 is 16.1 Å². The van der Waals surface area contributed by atoms with Gasteiger partial charge in [-0.15, -0.1) is 0 Å².